The molecule has 2 aromatic carbocycles. The fraction of sp³-hybridized carbons (Fsp3) is 0.200. The number of rotatable bonds is 4. The van der Waals surface area contributed by atoms with Crippen LogP contribution in [-0.4, -0.2) is 48.0 Å². The standard InChI is InChI=1S/C20H19N7O/c1-13-10-15(8-9-18(13)27-12-21-24-25-27)20(28)26(3)11-19-22-14(2)16-6-4-5-7-17(16)23-19/h4-10,12H,11H2,1-3H3. The van der Waals surface area contributed by atoms with Gasteiger partial charge in [-0.3, -0.25) is 4.79 Å². The lowest BCUT2D eigenvalue weighted by atomic mass is 10.1. The molecule has 2 heterocycles. The molecule has 0 atom stereocenters. The first-order valence-electron chi connectivity index (χ1n) is 8.84. The minimum absolute atomic E-state index is 0.0965. The van der Waals surface area contributed by atoms with Gasteiger partial charge in [0.2, 0.25) is 0 Å². The lowest BCUT2D eigenvalue weighted by Crippen LogP contribution is -2.27. The third-order valence-electron chi connectivity index (χ3n) is 4.60. The predicted octanol–water partition coefficient (Wildman–Crippen LogP) is 2.49. The lowest BCUT2D eigenvalue weighted by Gasteiger charge is -2.18. The second-order valence-electron chi connectivity index (χ2n) is 6.66. The van der Waals surface area contributed by atoms with Crippen molar-refractivity contribution < 1.29 is 4.79 Å². The summed E-state index contributed by atoms with van der Waals surface area (Å²) in [5, 5.41) is 12.2. The van der Waals surface area contributed by atoms with Crippen LogP contribution in [0.15, 0.2) is 48.8 Å². The van der Waals surface area contributed by atoms with E-state index in [1.807, 2.05) is 50.2 Å². The molecule has 0 unspecified atom stereocenters. The highest BCUT2D eigenvalue weighted by Crippen LogP contribution is 2.18. The smallest absolute Gasteiger partial charge is 0.254 e. The summed E-state index contributed by atoms with van der Waals surface area (Å²) in [6.07, 6.45) is 1.52. The van der Waals surface area contributed by atoms with Crippen LogP contribution in [-0.2, 0) is 6.54 Å². The van der Waals surface area contributed by atoms with Crippen LogP contribution in [0.25, 0.3) is 16.6 Å². The Balaban J connectivity index is 1.56. The van der Waals surface area contributed by atoms with Crippen molar-refractivity contribution in [3.8, 4) is 5.69 Å². The molecule has 0 N–H and O–H groups in total. The Kier molecular flexibility index (Phi) is 4.52. The second kappa shape index (κ2) is 7.15. The molecule has 8 nitrogen and oxygen atoms in total. The van der Waals surface area contributed by atoms with Gasteiger partial charge in [-0.05, 0) is 54.1 Å². The molecule has 0 aliphatic heterocycles. The van der Waals surface area contributed by atoms with Crippen LogP contribution in [0, 0.1) is 13.8 Å². The minimum Gasteiger partial charge on any atom is -0.334 e. The second-order valence-corrected chi connectivity index (χ2v) is 6.66. The van der Waals surface area contributed by atoms with Crippen LogP contribution in [0.3, 0.4) is 0 Å². The predicted molar refractivity (Wildman–Crippen MR) is 104 cm³/mol. The van der Waals surface area contributed by atoms with Gasteiger partial charge in [-0.1, -0.05) is 18.2 Å². The molecule has 2 aromatic heterocycles. The zero-order chi connectivity index (χ0) is 19.7. The molecule has 0 radical (unpaired) electrons. The quantitative estimate of drug-likeness (QED) is 0.546. The van der Waals surface area contributed by atoms with Crippen molar-refractivity contribution in [1.29, 1.82) is 0 Å². The van der Waals surface area contributed by atoms with Crippen LogP contribution >= 0.6 is 0 Å². The summed E-state index contributed by atoms with van der Waals surface area (Å²) < 4.78 is 1.57. The fourth-order valence-electron chi connectivity index (χ4n) is 3.19. The first kappa shape index (κ1) is 17.7. The number of fused-ring (bicyclic) bond motifs is 1. The molecule has 4 rings (SSSR count). The van der Waals surface area contributed by atoms with Crippen molar-refractivity contribution in [1.82, 2.24) is 35.1 Å². The maximum absolute atomic E-state index is 12.9. The van der Waals surface area contributed by atoms with Crippen LogP contribution in [0.4, 0.5) is 0 Å². The summed E-state index contributed by atoms with van der Waals surface area (Å²) in [4.78, 5) is 23.6. The Morgan fingerprint density at radius 2 is 1.93 bits per heavy atom. The summed E-state index contributed by atoms with van der Waals surface area (Å²) in [5.74, 6) is 0.523. The average molecular weight is 373 g/mol. The molecule has 140 valence electrons. The normalized spacial score (nSPS) is 11.0. The van der Waals surface area contributed by atoms with Gasteiger partial charge in [-0.15, -0.1) is 5.10 Å². The van der Waals surface area contributed by atoms with Crippen LogP contribution < -0.4 is 0 Å². The lowest BCUT2D eigenvalue weighted by molar-refractivity contribution is 0.0781. The number of aromatic nitrogens is 6. The highest BCUT2D eigenvalue weighted by atomic mass is 16.2. The van der Waals surface area contributed by atoms with Crippen molar-refractivity contribution in [2.75, 3.05) is 7.05 Å². The Bertz CT molecular complexity index is 1150. The molecular formula is C20H19N7O. The van der Waals surface area contributed by atoms with E-state index < -0.39 is 0 Å². The van der Waals surface area contributed by atoms with Gasteiger partial charge in [-0.2, -0.15) is 0 Å². The molecule has 0 fully saturated rings. The van der Waals surface area contributed by atoms with Crippen molar-refractivity contribution in [3.05, 3.63) is 71.4 Å². The average Bonchev–Trinajstić information content (AvgIpc) is 3.22. The maximum Gasteiger partial charge on any atom is 0.254 e. The SMILES string of the molecule is Cc1cc(C(=O)N(C)Cc2nc(C)c3ccccc3n2)ccc1-n1cnnn1. The largest absolute Gasteiger partial charge is 0.334 e. The Hall–Kier alpha value is -3.68. The van der Waals surface area contributed by atoms with Crippen LogP contribution in [0.2, 0.25) is 0 Å². The molecule has 0 aliphatic carbocycles. The molecular weight excluding hydrogens is 354 g/mol. The highest BCUT2D eigenvalue weighted by molar-refractivity contribution is 5.94. The summed E-state index contributed by atoms with van der Waals surface area (Å²) >= 11 is 0. The number of para-hydroxylation sites is 1. The minimum atomic E-state index is -0.0965. The van der Waals surface area contributed by atoms with Crippen molar-refractivity contribution in [2.45, 2.75) is 20.4 Å². The van der Waals surface area contributed by atoms with E-state index in [1.165, 1.54) is 6.33 Å². The number of aryl methyl sites for hydroxylation is 2. The van der Waals surface area contributed by atoms with E-state index in [2.05, 4.69) is 25.5 Å². The number of amides is 1. The number of benzene rings is 2. The third-order valence-corrected chi connectivity index (χ3v) is 4.60. The molecule has 0 aliphatic rings. The molecule has 4 aromatic rings. The number of nitrogens with zero attached hydrogens (tertiary/aromatic N) is 7. The molecule has 0 spiro atoms. The van der Waals surface area contributed by atoms with E-state index in [0.717, 1.165) is 27.8 Å². The number of carbonyl (C=O) groups excluding carboxylic acids is 1. The molecule has 8 heteroatoms. The summed E-state index contributed by atoms with van der Waals surface area (Å²) in [6, 6.07) is 13.3. The van der Waals surface area contributed by atoms with Crippen molar-refractivity contribution in [3.63, 3.8) is 0 Å². The molecule has 0 saturated heterocycles. The Labute approximate surface area is 161 Å². The van der Waals surface area contributed by atoms with Crippen LogP contribution in [0.1, 0.15) is 27.4 Å². The van der Waals surface area contributed by atoms with Crippen molar-refractivity contribution >= 4 is 16.8 Å². The molecule has 1 amide bonds. The number of carbonyl (C=O) groups is 1. The van der Waals surface area contributed by atoms with E-state index >= 15 is 0 Å². The first-order chi connectivity index (χ1) is 13.5. The van der Waals surface area contributed by atoms with E-state index in [1.54, 1.807) is 22.7 Å². The van der Waals surface area contributed by atoms with Gasteiger partial charge in [0.25, 0.3) is 5.91 Å². The zero-order valence-corrected chi connectivity index (χ0v) is 15.9. The van der Waals surface area contributed by atoms with E-state index in [4.69, 9.17) is 0 Å². The van der Waals surface area contributed by atoms with Gasteiger partial charge in [0, 0.05) is 23.7 Å². The van der Waals surface area contributed by atoms with E-state index in [-0.39, 0.29) is 5.91 Å². The fourth-order valence-corrected chi connectivity index (χ4v) is 3.19. The van der Waals surface area contributed by atoms with Gasteiger partial charge in [0.15, 0.2) is 0 Å². The maximum atomic E-state index is 12.9. The zero-order valence-electron chi connectivity index (χ0n) is 15.9. The summed E-state index contributed by atoms with van der Waals surface area (Å²) in [5.41, 5.74) is 4.12. The van der Waals surface area contributed by atoms with Gasteiger partial charge >= 0.3 is 0 Å². The number of hydrogen-bond acceptors (Lipinski definition) is 6. The highest BCUT2D eigenvalue weighted by Gasteiger charge is 2.16. The van der Waals surface area contributed by atoms with Gasteiger partial charge < -0.3 is 4.90 Å². The van der Waals surface area contributed by atoms with Crippen LogP contribution in [0.5, 0.6) is 0 Å². The van der Waals surface area contributed by atoms with Crippen molar-refractivity contribution in [2.24, 2.45) is 0 Å². The van der Waals surface area contributed by atoms with Gasteiger partial charge in [0.05, 0.1) is 17.7 Å². The first-order valence-corrected chi connectivity index (χ1v) is 8.84. The Morgan fingerprint density at radius 3 is 2.68 bits per heavy atom. The van der Waals surface area contributed by atoms with E-state index in [9.17, 15) is 4.79 Å². The summed E-state index contributed by atoms with van der Waals surface area (Å²) in [7, 11) is 1.75. The van der Waals surface area contributed by atoms with E-state index in [0.29, 0.717) is 17.9 Å². The number of hydrogen-bond donors (Lipinski definition) is 0. The number of tetrazole rings is 1. The topological polar surface area (TPSA) is 89.7 Å². The van der Waals surface area contributed by atoms with Gasteiger partial charge in [0.1, 0.15) is 12.2 Å². The molecule has 28 heavy (non-hydrogen) atoms. The third kappa shape index (κ3) is 3.32. The summed E-state index contributed by atoms with van der Waals surface area (Å²) in [6.45, 7) is 4.21. The Morgan fingerprint density at radius 1 is 1.11 bits per heavy atom. The monoisotopic (exact) mass is 373 g/mol. The van der Waals surface area contributed by atoms with Gasteiger partial charge in [-0.25, -0.2) is 14.6 Å². The molecule has 0 saturated carbocycles. The molecule has 0 bridgehead atoms.